The van der Waals surface area contributed by atoms with Gasteiger partial charge in [0.25, 0.3) is 0 Å². The molecule has 4 heteroatoms. The molecule has 1 aromatic rings. The first-order chi connectivity index (χ1) is 8.09. The predicted octanol–water partition coefficient (Wildman–Crippen LogP) is 3.47. The van der Waals surface area contributed by atoms with Crippen LogP contribution in [-0.2, 0) is 11.2 Å². The minimum absolute atomic E-state index is 0.400. The third-order valence-corrected chi connectivity index (χ3v) is 4.38. The molecule has 1 aliphatic rings. The van der Waals surface area contributed by atoms with Crippen molar-refractivity contribution in [2.45, 2.75) is 37.4 Å². The molecule has 0 radical (unpaired) electrons. The minimum Gasteiger partial charge on any atom is -0.390 e. The van der Waals surface area contributed by atoms with E-state index in [1.807, 2.05) is 0 Å². The van der Waals surface area contributed by atoms with E-state index < -0.39 is 11.7 Å². The van der Waals surface area contributed by atoms with Gasteiger partial charge in [-0.15, -0.1) is 0 Å². The Hall–Kier alpha value is -0.280. The fraction of sp³-hybridized carbons (Fsp3) is 0.538. The van der Waals surface area contributed by atoms with E-state index >= 15 is 0 Å². The van der Waals surface area contributed by atoms with Crippen LogP contribution in [-0.4, -0.2) is 23.9 Å². The van der Waals surface area contributed by atoms with Crippen LogP contribution in [0.1, 0.15) is 24.8 Å². The van der Waals surface area contributed by atoms with Gasteiger partial charge >= 0.3 is 0 Å². The summed E-state index contributed by atoms with van der Waals surface area (Å²) in [5, 5.41) is 11.5. The number of aliphatic hydroxyl groups is 1. The average molecular weight is 275 g/mol. The molecular formula is C13H16Cl2O2. The molecule has 0 spiro atoms. The summed E-state index contributed by atoms with van der Waals surface area (Å²) in [5.41, 5.74) is 0.398. The number of ether oxygens (including phenoxy) is 1. The van der Waals surface area contributed by atoms with Crippen LogP contribution < -0.4 is 0 Å². The first-order valence-electron chi connectivity index (χ1n) is 5.75. The average Bonchev–Trinajstić information content (AvgIpc) is 2.23. The van der Waals surface area contributed by atoms with Gasteiger partial charge in [-0.2, -0.15) is 0 Å². The van der Waals surface area contributed by atoms with E-state index in [0.717, 1.165) is 24.8 Å². The molecule has 0 aromatic heterocycles. The summed E-state index contributed by atoms with van der Waals surface area (Å²) >= 11 is 12.2. The van der Waals surface area contributed by atoms with E-state index in [1.165, 1.54) is 0 Å². The number of hydrogen-bond donors (Lipinski definition) is 1. The number of aliphatic hydroxyl groups excluding tert-OH is 1. The van der Waals surface area contributed by atoms with Crippen molar-refractivity contribution in [3.63, 3.8) is 0 Å². The number of halogens is 2. The summed E-state index contributed by atoms with van der Waals surface area (Å²) in [7, 11) is 1.65. The van der Waals surface area contributed by atoms with Gasteiger partial charge in [0.1, 0.15) is 0 Å². The van der Waals surface area contributed by atoms with E-state index in [4.69, 9.17) is 27.9 Å². The van der Waals surface area contributed by atoms with Crippen molar-refractivity contribution in [2.75, 3.05) is 7.11 Å². The van der Waals surface area contributed by atoms with Gasteiger partial charge in [-0.05, 0) is 37.0 Å². The Morgan fingerprint density at radius 2 is 1.94 bits per heavy atom. The van der Waals surface area contributed by atoms with Crippen LogP contribution in [0.4, 0.5) is 0 Å². The van der Waals surface area contributed by atoms with E-state index in [9.17, 15) is 5.11 Å². The Balaban J connectivity index is 2.15. The molecular weight excluding hydrogens is 259 g/mol. The zero-order valence-electron chi connectivity index (χ0n) is 9.75. The SMILES string of the molecule is COC1(C(O)Cc2c(Cl)cccc2Cl)CCC1. The second kappa shape index (κ2) is 5.15. The molecule has 0 bridgehead atoms. The van der Waals surface area contributed by atoms with Crippen molar-refractivity contribution < 1.29 is 9.84 Å². The maximum atomic E-state index is 10.3. The van der Waals surface area contributed by atoms with Gasteiger partial charge in [0.15, 0.2) is 0 Å². The lowest BCUT2D eigenvalue weighted by molar-refractivity contribution is -0.148. The van der Waals surface area contributed by atoms with Crippen molar-refractivity contribution in [3.05, 3.63) is 33.8 Å². The number of benzene rings is 1. The Kier molecular flexibility index (Phi) is 3.99. The lowest BCUT2D eigenvalue weighted by atomic mass is 9.74. The highest BCUT2D eigenvalue weighted by molar-refractivity contribution is 6.36. The second-order valence-electron chi connectivity index (χ2n) is 4.54. The first kappa shape index (κ1) is 13.2. The van der Waals surface area contributed by atoms with Crippen LogP contribution >= 0.6 is 23.2 Å². The summed E-state index contributed by atoms with van der Waals surface area (Å²) in [6.45, 7) is 0. The monoisotopic (exact) mass is 274 g/mol. The standard InChI is InChI=1S/C13H16Cl2O2/c1-17-13(6-3-7-13)12(16)8-9-10(14)4-2-5-11(9)15/h2,4-5,12,16H,3,6-8H2,1H3. The Bertz CT molecular complexity index is 377. The van der Waals surface area contributed by atoms with E-state index in [-0.39, 0.29) is 0 Å². The van der Waals surface area contributed by atoms with Crippen molar-refractivity contribution in [1.82, 2.24) is 0 Å². The van der Waals surface area contributed by atoms with Crippen LogP contribution in [0, 0.1) is 0 Å². The highest BCUT2D eigenvalue weighted by Gasteiger charge is 2.43. The maximum Gasteiger partial charge on any atom is 0.0939 e. The predicted molar refractivity (Wildman–Crippen MR) is 69.8 cm³/mol. The molecule has 1 fully saturated rings. The van der Waals surface area contributed by atoms with Gasteiger partial charge in [-0.25, -0.2) is 0 Å². The van der Waals surface area contributed by atoms with E-state index in [1.54, 1.807) is 25.3 Å². The van der Waals surface area contributed by atoms with Crippen molar-refractivity contribution in [2.24, 2.45) is 0 Å². The molecule has 1 unspecified atom stereocenters. The number of methoxy groups -OCH3 is 1. The van der Waals surface area contributed by atoms with Gasteiger partial charge in [-0.3, -0.25) is 0 Å². The van der Waals surface area contributed by atoms with Crippen LogP contribution in [0.15, 0.2) is 18.2 Å². The Labute approximate surface area is 111 Å². The molecule has 1 aliphatic carbocycles. The normalized spacial score (nSPS) is 19.8. The summed E-state index contributed by atoms with van der Waals surface area (Å²) in [5.74, 6) is 0. The van der Waals surface area contributed by atoms with Crippen LogP contribution in [0.3, 0.4) is 0 Å². The Morgan fingerprint density at radius 3 is 2.35 bits per heavy atom. The lowest BCUT2D eigenvalue weighted by Gasteiger charge is -2.44. The van der Waals surface area contributed by atoms with Crippen LogP contribution in [0.25, 0.3) is 0 Å². The fourth-order valence-electron chi connectivity index (χ4n) is 2.31. The zero-order chi connectivity index (χ0) is 12.5. The van der Waals surface area contributed by atoms with Gasteiger partial charge in [0.05, 0.1) is 11.7 Å². The van der Waals surface area contributed by atoms with Crippen LogP contribution in [0.5, 0.6) is 0 Å². The molecule has 1 atom stereocenters. The molecule has 1 N–H and O–H groups in total. The molecule has 2 rings (SSSR count). The topological polar surface area (TPSA) is 29.5 Å². The van der Waals surface area contributed by atoms with E-state index in [0.29, 0.717) is 16.5 Å². The van der Waals surface area contributed by atoms with Gasteiger partial charge in [0, 0.05) is 23.6 Å². The number of hydrogen-bond acceptors (Lipinski definition) is 2. The first-order valence-corrected chi connectivity index (χ1v) is 6.51. The minimum atomic E-state index is -0.557. The summed E-state index contributed by atoms with van der Waals surface area (Å²) in [6.07, 6.45) is 2.77. The molecule has 17 heavy (non-hydrogen) atoms. The zero-order valence-corrected chi connectivity index (χ0v) is 11.3. The third-order valence-electron chi connectivity index (χ3n) is 3.67. The summed E-state index contributed by atoms with van der Waals surface area (Å²) in [4.78, 5) is 0. The molecule has 1 saturated carbocycles. The van der Waals surface area contributed by atoms with Gasteiger partial charge in [0.2, 0.25) is 0 Å². The molecule has 0 amide bonds. The molecule has 0 aliphatic heterocycles. The third kappa shape index (κ3) is 2.45. The highest BCUT2D eigenvalue weighted by Crippen LogP contribution is 2.40. The molecule has 0 heterocycles. The summed E-state index contributed by atoms with van der Waals surface area (Å²) < 4.78 is 5.45. The smallest absolute Gasteiger partial charge is 0.0939 e. The van der Waals surface area contributed by atoms with E-state index in [2.05, 4.69) is 0 Å². The lowest BCUT2D eigenvalue weighted by Crippen LogP contribution is -2.50. The Morgan fingerprint density at radius 1 is 1.35 bits per heavy atom. The van der Waals surface area contributed by atoms with Crippen molar-refractivity contribution in [1.29, 1.82) is 0 Å². The van der Waals surface area contributed by atoms with Gasteiger partial charge in [-0.1, -0.05) is 29.3 Å². The second-order valence-corrected chi connectivity index (χ2v) is 5.36. The maximum absolute atomic E-state index is 10.3. The van der Waals surface area contributed by atoms with Crippen molar-refractivity contribution in [3.8, 4) is 0 Å². The fourth-order valence-corrected chi connectivity index (χ4v) is 2.86. The van der Waals surface area contributed by atoms with Gasteiger partial charge < -0.3 is 9.84 Å². The quantitative estimate of drug-likeness (QED) is 0.911. The number of rotatable bonds is 4. The summed E-state index contributed by atoms with van der Waals surface area (Å²) in [6, 6.07) is 5.38. The largest absolute Gasteiger partial charge is 0.390 e. The molecule has 1 aromatic carbocycles. The molecule has 2 nitrogen and oxygen atoms in total. The van der Waals surface area contributed by atoms with Crippen molar-refractivity contribution >= 4 is 23.2 Å². The van der Waals surface area contributed by atoms with Crippen LogP contribution in [0.2, 0.25) is 10.0 Å². The molecule has 0 saturated heterocycles. The highest BCUT2D eigenvalue weighted by atomic mass is 35.5. The molecule has 94 valence electrons.